The fourth-order valence-electron chi connectivity index (χ4n) is 5.12. The molecule has 3 aliphatic rings. The average Bonchev–Trinajstić information content (AvgIpc) is 2.92. The van der Waals surface area contributed by atoms with Gasteiger partial charge in [-0.2, -0.15) is 0 Å². The molecule has 2 nitrogen and oxygen atoms in total. The number of para-hydroxylation sites is 1. The number of likely N-dealkylation sites (tertiary alicyclic amines) is 1. The molecule has 0 bridgehead atoms. The van der Waals surface area contributed by atoms with Crippen LogP contribution in [0.4, 0.5) is 0 Å². The van der Waals surface area contributed by atoms with Gasteiger partial charge in [-0.05, 0) is 30.4 Å². The van der Waals surface area contributed by atoms with Gasteiger partial charge in [0.2, 0.25) is 0 Å². The third kappa shape index (κ3) is 1.41. The van der Waals surface area contributed by atoms with Gasteiger partial charge in [-0.3, -0.25) is 4.90 Å². The van der Waals surface area contributed by atoms with Crippen LogP contribution in [0.5, 0.6) is 0 Å². The van der Waals surface area contributed by atoms with Crippen LogP contribution in [-0.2, 0) is 6.42 Å². The minimum atomic E-state index is 0.493. The molecule has 1 aliphatic heterocycles. The summed E-state index contributed by atoms with van der Waals surface area (Å²) >= 11 is 0. The standard InChI is InChI=1S/C19H22N2/c1-2-13-11-15-7-9-19(15)18(13)21(19)10-8-14-12-20-17-6-4-3-5-16(14)17/h3-7,9,12-13,15,18,20H,2,8,10-11H2,1H3. The van der Waals surface area contributed by atoms with Gasteiger partial charge in [0.25, 0.3) is 0 Å². The maximum Gasteiger partial charge on any atom is 0.0617 e. The highest BCUT2D eigenvalue weighted by molar-refractivity contribution is 5.83. The molecule has 5 rings (SSSR count). The zero-order chi connectivity index (χ0) is 14.0. The maximum atomic E-state index is 3.40. The Kier molecular flexibility index (Phi) is 2.30. The number of benzene rings is 1. The highest BCUT2D eigenvalue weighted by Gasteiger charge is 2.73. The number of H-pyrrole nitrogens is 1. The van der Waals surface area contributed by atoms with Crippen LogP contribution < -0.4 is 0 Å². The Morgan fingerprint density at radius 3 is 3.05 bits per heavy atom. The van der Waals surface area contributed by atoms with Crippen LogP contribution in [0.15, 0.2) is 42.6 Å². The second kappa shape index (κ2) is 4.01. The molecule has 21 heavy (non-hydrogen) atoms. The van der Waals surface area contributed by atoms with Crippen molar-refractivity contribution in [2.75, 3.05) is 6.54 Å². The van der Waals surface area contributed by atoms with Crippen LogP contribution >= 0.6 is 0 Å². The molecule has 0 amide bonds. The van der Waals surface area contributed by atoms with E-state index >= 15 is 0 Å². The summed E-state index contributed by atoms with van der Waals surface area (Å²) in [7, 11) is 0. The minimum absolute atomic E-state index is 0.493. The largest absolute Gasteiger partial charge is 0.361 e. The molecule has 2 fully saturated rings. The number of hydrogen-bond donors (Lipinski definition) is 1. The Hall–Kier alpha value is -1.54. The number of fused-ring (bicyclic) bond motifs is 1. The number of hydrogen-bond acceptors (Lipinski definition) is 1. The van der Waals surface area contributed by atoms with Gasteiger partial charge in [-0.1, -0.05) is 43.7 Å². The maximum absolute atomic E-state index is 3.40. The van der Waals surface area contributed by atoms with E-state index in [0.29, 0.717) is 5.54 Å². The zero-order valence-electron chi connectivity index (χ0n) is 12.5. The third-order valence-electron chi connectivity index (χ3n) is 6.25. The first-order valence-electron chi connectivity index (χ1n) is 8.35. The lowest BCUT2D eigenvalue weighted by Gasteiger charge is -2.29. The van der Waals surface area contributed by atoms with Crippen molar-refractivity contribution in [2.45, 2.75) is 37.8 Å². The number of aromatic nitrogens is 1. The minimum Gasteiger partial charge on any atom is -0.361 e. The monoisotopic (exact) mass is 278 g/mol. The Bertz CT molecular complexity index is 728. The summed E-state index contributed by atoms with van der Waals surface area (Å²) in [6.07, 6.45) is 11.1. The van der Waals surface area contributed by atoms with Crippen molar-refractivity contribution in [3.05, 3.63) is 48.2 Å². The van der Waals surface area contributed by atoms with Gasteiger partial charge in [0.1, 0.15) is 0 Å². The highest BCUT2D eigenvalue weighted by Crippen LogP contribution is 2.65. The number of nitrogens with one attached hydrogen (secondary N) is 1. The normalized spacial score (nSPS) is 39.1. The molecule has 1 aromatic carbocycles. The first-order valence-corrected chi connectivity index (χ1v) is 8.35. The molecule has 108 valence electrons. The molecule has 2 aromatic rings. The molecule has 1 spiro atoms. The van der Waals surface area contributed by atoms with Crippen LogP contribution in [0.3, 0.4) is 0 Å². The average molecular weight is 278 g/mol. The predicted octanol–water partition coefficient (Wildman–Crippen LogP) is 3.75. The second-order valence-electron chi connectivity index (χ2n) is 7.00. The Morgan fingerprint density at radius 2 is 2.24 bits per heavy atom. The van der Waals surface area contributed by atoms with Gasteiger partial charge in [0.15, 0.2) is 0 Å². The molecule has 1 saturated carbocycles. The highest BCUT2D eigenvalue weighted by atomic mass is 15.4. The molecular weight excluding hydrogens is 256 g/mol. The first-order chi connectivity index (χ1) is 10.3. The van der Waals surface area contributed by atoms with Crippen LogP contribution in [0.25, 0.3) is 10.9 Å². The van der Waals surface area contributed by atoms with Crippen LogP contribution in [-0.4, -0.2) is 28.0 Å². The fourth-order valence-corrected chi connectivity index (χ4v) is 5.12. The van der Waals surface area contributed by atoms with Gasteiger partial charge in [-0.25, -0.2) is 0 Å². The van der Waals surface area contributed by atoms with Crippen molar-refractivity contribution in [3.8, 4) is 0 Å². The van der Waals surface area contributed by atoms with Crippen LogP contribution in [0, 0.1) is 11.8 Å². The fraction of sp³-hybridized carbons (Fsp3) is 0.474. The van der Waals surface area contributed by atoms with E-state index in [1.807, 2.05) is 0 Å². The summed E-state index contributed by atoms with van der Waals surface area (Å²) in [5.74, 6) is 1.78. The molecule has 0 radical (unpaired) electrons. The Labute approximate surface area is 125 Å². The van der Waals surface area contributed by atoms with E-state index in [0.717, 1.165) is 17.9 Å². The van der Waals surface area contributed by atoms with E-state index in [9.17, 15) is 0 Å². The number of rotatable bonds is 4. The lowest BCUT2D eigenvalue weighted by molar-refractivity contribution is 0.282. The van der Waals surface area contributed by atoms with E-state index in [-0.39, 0.29) is 0 Å². The molecule has 1 N–H and O–H groups in total. The Morgan fingerprint density at radius 1 is 1.33 bits per heavy atom. The van der Waals surface area contributed by atoms with Crippen molar-refractivity contribution in [1.82, 2.24) is 9.88 Å². The van der Waals surface area contributed by atoms with Crippen molar-refractivity contribution >= 4 is 10.9 Å². The van der Waals surface area contributed by atoms with Crippen molar-refractivity contribution in [1.29, 1.82) is 0 Å². The van der Waals surface area contributed by atoms with E-state index in [1.54, 1.807) is 0 Å². The van der Waals surface area contributed by atoms with Gasteiger partial charge in [-0.15, -0.1) is 0 Å². The van der Waals surface area contributed by atoms with E-state index < -0.39 is 0 Å². The molecule has 5 unspecified atom stereocenters. The summed E-state index contributed by atoms with van der Waals surface area (Å²) in [6.45, 7) is 3.57. The molecule has 1 aromatic heterocycles. The summed E-state index contributed by atoms with van der Waals surface area (Å²) in [4.78, 5) is 6.18. The topological polar surface area (TPSA) is 18.8 Å². The quantitative estimate of drug-likeness (QED) is 0.666. The van der Waals surface area contributed by atoms with Crippen molar-refractivity contribution in [2.24, 2.45) is 11.8 Å². The smallest absolute Gasteiger partial charge is 0.0617 e. The van der Waals surface area contributed by atoms with Crippen molar-refractivity contribution < 1.29 is 0 Å². The van der Waals surface area contributed by atoms with Gasteiger partial charge in [0.05, 0.1) is 5.54 Å². The van der Waals surface area contributed by atoms with Gasteiger partial charge in [0, 0.05) is 35.6 Å². The van der Waals surface area contributed by atoms with E-state index in [1.165, 1.54) is 42.3 Å². The molecule has 2 heteroatoms. The summed E-state index contributed by atoms with van der Waals surface area (Å²) in [6, 6.07) is 9.50. The van der Waals surface area contributed by atoms with Crippen LogP contribution in [0.1, 0.15) is 25.3 Å². The van der Waals surface area contributed by atoms with E-state index in [2.05, 4.69) is 59.4 Å². The first kappa shape index (κ1) is 12.0. The zero-order valence-corrected chi connectivity index (χ0v) is 12.5. The molecule has 5 atom stereocenters. The molecular formula is C19H22N2. The summed E-state index contributed by atoms with van der Waals surface area (Å²) < 4.78 is 0. The lowest BCUT2D eigenvalue weighted by Crippen LogP contribution is -2.32. The number of nitrogens with zero attached hydrogens (tertiary/aromatic N) is 1. The van der Waals surface area contributed by atoms with Crippen LogP contribution in [0.2, 0.25) is 0 Å². The SMILES string of the molecule is CCC1CC2C=CC23C1N3CCc1c[nH]c2ccccc12. The van der Waals surface area contributed by atoms with Gasteiger partial charge >= 0.3 is 0 Å². The van der Waals surface area contributed by atoms with Crippen molar-refractivity contribution in [3.63, 3.8) is 0 Å². The molecule has 2 aliphatic carbocycles. The molecule has 2 heterocycles. The number of aromatic amines is 1. The Balaban J connectivity index is 1.35. The van der Waals surface area contributed by atoms with Gasteiger partial charge < -0.3 is 4.98 Å². The predicted molar refractivity (Wildman–Crippen MR) is 86.3 cm³/mol. The third-order valence-corrected chi connectivity index (χ3v) is 6.25. The second-order valence-corrected chi connectivity index (χ2v) is 7.00. The molecule has 1 saturated heterocycles. The summed E-state index contributed by atoms with van der Waals surface area (Å²) in [5, 5.41) is 1.40. The van der Waals surface area contributed by atoms with E-state index in [4.69, 9.17) is 0 Å². The lowest BCUT2D eigenvalue weighted by atomic mass is 9.83. The number of piperidine rings is 1. The summed E-state index contributed by atoms with van der Waals surface area (Å²) in [5.41, 5.74) is 3.23.